The van der Waals surface area contributed by atoms with E-state index in [9.17, 15) is 4.79 Å². The zero-order chi connectivity index (χ0) is 16.4. The Labute approximate surface area is 145 Å². The number of nitrogens with zero attached hydrogens (tertiary/aromatic N) is 1. The molecule has 0 bridgehead atoms. The molecule has 1 aliphatic heterocycles. The standard InChI is InChI=1S/C18H21BrN2O2/c1-12-3-4-13(2)17(9-12)23-15-5-7-21(8-6-15)18(22)16-10-14(19)11-20-16/h3-4,9-11,15,20H,5-8H2,1-2H3. The minimum atomic E-state index is 0.0564. The molecule has 2 heterocycles. The van der Waals surface area contributed by atoms with Crippen molar-refractivity contribution >= 4 is 21.8 Å². The highest BCUT2D eigenvalue weighted by atomic mass is 79.9. The normalized spacial score (nSPS) is 15.7. The molecule has 5 heteroatoms. The molecule has 1 aromatic carbocycles. The average Bonchev–Trinajstić information content (AvgIpc) is 2.97. The number of ether oxygens (including phenoxy) is 1. The minimum Gasteiger partial charge on any atom is -0.490 e. The fourth-order valence-electron chi connectivity index (χ4n) is 2.85. The molecule has 23 heavy (non-hydrogen) atoms. The zero-order valence-electron chi connectivity index (χ0n) is 13.4. The summed E-state index contributed by atoms with van der Waals surface area (Å²) in [6.45, 7) is 5.59. The number of hydrogen-bond donors (Lipinski definition) is 1. The number of aromatic nitrogens is 1. The van der Waals surface area contributed by atoms with Gasteiger partial charge in [-0.15, -0.1) is 0 Å². The molecule has 2 aromatic rings. The van der Waals surface area contributed by atoms with Crippen LogP contribution in [0.15, 0.2) is 34.9 Å². The van der Waals surface area contributed by atoms with Gasteiger partial charge in [0.2, 0.25) is 0 Å². The number of likely N-dealkylation sites (tertiary alicyclic amines) is 1. The van der Waals surface area contributed by atoms with Crippen LogP contribution in [0.4, 0.5) is 0 Å². The highest BCUT2D eigenvalue weighted by Crippen LogP contribution is 2.24. The van der Waals surface area contributed by atoms with Crippen molar-refractivity contribution in [2.45, 2.75) is 32.8 Å². The third-order valence-electron chi connectivity index (χ3n) is 4.24. The van der Waals surface area contributed by atoms with Crippen molar-refractivity contribution in [2.75, 3.05) is 13.1 Å². The topological polar surface area (TPSA) is 45.3 Å². The predicted molar refractivity (Wildman–Crippen MR) is 94.0 cm³/mol. The Kier molecular flexibility index (Phi) is 4.76. The van der Waals surface area contributed by atoms with Crippen molar-refractivity contribution in [2.24, 2.45) is 0 Å². The van der Waals surface area contributed by atoms with E-state index in [4.69, 9.17) is 4.74 Å². The second kappa shape index (κ2) is 6.79. The Morgan fingerprint density at radius 1 is 1.26 bits per heavy atom. The van der Waals surface area contributed by atoms with Crippen LogP contribution in [0.25, 0.3) is 0 Å². The molecule has 0 saturated carbocycles. The van der Waals surface area contributed by atoms with Crippen molar-refractivity contribution in [1.29, 1.82) is 0 Å². The summed E-state index contributed by atoms with van der Waals surface area (Å²) in [5.74, 6) is 1.02. The molecule has 1 fully saturated rings. The molecule has 122 valence electrons. The van der Waals surface area contributed by atoms with E-state index >= 15 is 0 Å². The average molecular weight is 377 g/mol. The Morgan fingerprint density at radius 2 is 2.00 bits per heavy atom. The second-order valence-corrected chi connectivity index (χ2v) is 7.03. The van der Waals surface area contributed by atoms with E-state index in [0.29, 0.717) is 5.69 Å². The molecule has 0 unspecified atom stereocenters. The van der Waals surface area contributed by atoms with Crippen LogP contribution >= 0.6 is 15.9 Å². The molecule has 0 radical (unpaired) electrons. The maximum absolute atomic E-state index is 12.4. The summed E-state index contributed by atoms with van der Waals surface area (Å²) in [7, 11) is 0. The van der Waals surface area contributed by atoms with Crippen LogP contribution in [0.2, 0.25) is 0 Å². The van der Waals surface area contributed by atoms with Gasteiger partial charge in [-0.3, -0.25) is 4.79 Å². The number of hydrogen-bond acceptors (Lipinski definition) is 2. The summed E-state index contributed by atoms with van der Waals surface area (Å²) in [5, 5.41) is 0. The van der Waals surface area contributed by atoms with Gasteiger partial charge in [-0.1, -0.05) is 12.1 Å². The van der Waals surface area contributed by atoms with Gasteiger partial charge in [-0.05, 0) is 53.0 Å². The number of carbonyl (C=O) groups is 1. The number of benzene rings is 1. The van der Waals surface area contributed by atoms with E-state index in [1.54, 1.807) is 6.20 Å². The molecule has 1 N–H and O–H groups in total. The minimum absolute atomic E-state index is 0.0564. The summed E-state index contributed by atoms with van der Waals surface area (Å²) < 4.78 is 7.05. The van der Waals surface area contributed by atoms with E-state index < -0.39 is 0 Å². The Hall–Kier alpha value is -1.75. The van der Waals surface area contributed by atoms with Gasteiger partial charge in [0.05, 0.1) is 0 Å². The fraction of sp³-hybridized carbons (Fsp3) is 0.389. The summed E-state index contributed by atoms with van der Waals surface area (Å²) in [5.41, 5.74) is 2.99. The number of aromatic amines is 1. The van der Waals surface area contributed by atoms with Gasteiger partial charge in [-0.25, -0.2) is 0 Å². The molecule has 4 nitrogen and oxygen atoms in total. The number of carbonyl (C=O) groups excluding carboxylic acids is 1. The Morgan fingerprint density at radius 3 is 2.65 bits per heavy atom. The van der Waals surface area contributed by atoms with Gasteiger partial charge in [0.1, 0.15) is 17.5 Å². The summed E-state index contributed by atoms with van der Waals surface area (Å²) in [4.78, 5) is 17.3. The van der Waals surface area contributed by atoms with Crippen molar-refractivity contribution in [1.82, 2.24) is 9.88 Å². The first kappa shape index (κ1) is 16.1. The second-order valence-electron chi connectivity index (χ2n) is 6.11. The third-order valence-corrected chi connectivity index (χ3v) is 4.70. The van der Waals surface area contributed by atoms with Crippen LogP contribution in [-0.4, -0.2) is 35.0 Å². The van der Waals surface area contributed by atoms with Gasteiger partial charge >= 0.3 is 0 Å². The van der Waals surface area contributed by atoms with Gasteiger partial charge in [-0.2, -0.15) is 0 Å². The molecular formula is C18H21BrN2O2. The predicted octanol–water partition coefficient (Wildman–Crippen LogP) is 4.08. The SMILES string of the molecule is Cc1ccc(C)c(OC2CCN(C(=O)c3cc(Br)c[nH]3)CC2)c1. The highest BCUT2D eigenvalue weighted by molar-refractivity contribution is 9.10. The lowest BCUT2D eigenvalue weighted by Crippen LogP contribution is -2.42. The van der Waals surface area contributed by atoms with E-state index in [1.165, 1.54) is 5.56 Å². The third kappa shape index (κ3) is 3.78. The number of nitrogens with one attached hydrogen (secondary N) is 1. The van der Waals surface area contributed by atoms with Crippen LogP contribution in [0.1, 0.15) is 34.5 Å². The number of amides is 1. The molecule has 3 rings (SSSR count). The maximum atomic E-state index is 12.4. The first-order chi connectivity index (χ1) is 11.0. The molecule has 0 atom stereocenters. The lowest BCUT2D eigenvalue weighted by molar-refractivity contribution is 0.0589. The first-order valence-electron chi connectivity index (χ1n) is 7.90. The van der Waals surface area contributed by atoms with Crippen LogP contribution < -0.4 is 4.74 Å². The van der Waals surface area contributed by atoms with E-state index in [0.717, 1.165) is 41.7 Å². The van der Waals surface area contributed by atoms with E-state index in [-0.39, 0.29) is 12.0 Å². The van der Waals surface area contributed by atoms with Crippen LogP contribution in [0.3, 0.4) is 0 Å². The van der Waals surface area contributed by atoms with Gasteiger partial charge in [0.15, 0.2) is 0 Å². The van der Waals surface area contributed by atoms with E-state index in [1.807, 2.05) is 11.0 Å². The smallest absolute Gasteiger partial charge is 0.270 e. The van der Waals surface area contributed by atoms with Gasteiger partial charge in [0.25, 0.3) is 5.91 Å². The number of H-pyrrole nitrogens is 1. The maximum Gasteiger partial charge on any atom is 0.270 e. The molecule has 1 aliphatic rings. The first-order valence-corrected chi connectivity index (χ1v) is 8.69. The number of aryl methyl sites for hydroxylation is 2. The van der Waals surface area contributed by atoms with Crippen molar-refractivity contribution in [3.63, 3.8) is 0 Å². The van der Waals surface area contributed by atoms with Gasteiger partial charge in [0, 0.05) is 36.6 Å². The van der Waals surface area contributed by atoms with Crippen LogP contribution in [0, 0.1) is 13.8 Å². The molecule has 0 spiro atoms. The fourth-order valence-corrected chi connectivity index (χ4v) is 3.20. The summed E-state index contributed by atoms with van der Waals surface area (Å²) >= 11 is 3.36. The van der Waals surface area contributed by atoms with Crippen LogP contribution in [-0.2, 0) is 0 Å². The van der Waals surface area contributed by atoms with Crippen LogP contribution in [0.5, 0.6) is 5.75 Å². The van der Waals surface area contributed by atoms with Crippen molar-refractivity contribution in [3.8, 4) is 5.75 Å². The van der Waals surface area contributed by atoms with E-state index in [2.05, 4.69) is 53.0 Å². The lowest BCUT2D eigenvalue weighted by Gasteiger charge is -2.32. The molecule has 0 aliphatic carbocycles. The Bertz CT molecular complexity index is 703. The summed E-state index contributed by atoms with van der Waals surface area (Å²) in [6.07, 6.45) is 3.68. The van der Waals surface area contributed by atoms with Crippen molar-refractivity contribution < 1.29 is 9.53 Å². The quantitative estimate of drug-likeness (QED) is 0.876. The monoisotopic (exact) mass is 376 g/mol. The van der Waals surface area contributed by atoms with Gasteiger partial charge < -0.3 is 14.6 Å². The summed E-state index contributed by atoms with van der Waals surface area (Å²) in [6, 6.07) is 8.09. The largest absolute Gasteiger partial charge is 0.490 e. The number of piperidine rings is 1. The number of halogens is 1. The van der Waals surface area contributed by atoms with Crippen molar-refractivity contribution in [3.05, 3.63) is 51.8 Å². The molecule has 1 saturated heterocycles. The molecule has 1 amide bonds. The zero-order valence-corrected chi connectivity index (χ0v) is 15.0. The molecule has 1 aromatic heterocycles. The highest BCUT2D eigenvalue weighted by Gasteiger charge is 2.25. The lowest BCUT2D eigenvalue weighted by atomic mass is 10.1. The Balaban J connectivity index is 1.58. The molecular weight excluding hydrogens is 356 g/mol. The number of rotatable bonds is 3.